The van der Waals surface area contributed by atoms with Crippen LogP contribution in [0.25, 0.3) is 0 Å². The molecule has 1 aromatic carbocycles. The molecule has 1 aliphatic rings. The van der Waals surface area contributed by atoms with Gasteiger partial charge in [-0.2, -0.15) is 5.26 Å². The van der Waals surface area contributed by atoms with Gasteiger partial charge in [0.25, 0.3) is 5.91 Å². The Morgan fingerprint density at radius 1 is 1.37 bits per heavy atom. The van der Waals surface area contributed by atoms with Gasteiger partial charge >= 0.3 is 0 Å². The minimum atomic E-state index is -0.776. The molecular formula is C13H15Cl2N3O. The number of halogens is 2. The second-order valence-electron chi connectivity index (χ2n) is 4.38. The fourth-order valence-electron chi connectivity index (χ4n) is 2.05. The van der Waals surface area contributed by atoms with Crippen LogP contribution in [0.15, 0.2) is 24.3 Å². The summed E-state index contributed by atoms with van der Waals surface area (Å²) in [7, 11) is 0. The molecule has 1 heterocycles. The molecule has 0 radical (unpaired) electrons. The number of amides is 1. The fraction of sp³-hybridized carbons (Fsp3) is 0.385. The molecule has 1 aromatic rings. The molecule has 0 saturated carbocycles. The first-order valence-corrected chi connectivity index (χ1v) is 6.24. The number of hydrogen-bond acceptors (Lipinski definition) is 3. The zero-order chi connectivity index (χ0) is 13.0. The summed E-state index contributed by atoms with van der Waals surface area (Å²) in [6.45, 7) is 1.47. The average molecular weight is 300 g/mol. The van der Waals surface area contributed by atoms with Gasteiger partial charge in [0.05, 0.1) is 16.7 Å². The Hall–Kier alpha value is -1.28. The second-order valence-corrected chi connectivity index (χ2v) is 4.79. The lowest BCUT2D eigenvalue weighted by Crippen LogP contribution is -2.53. The lowest BCUT2D eigenvalue weighted by molar-refractivity contribution is 0.0906. The van der Waals surface area contributed by atoms with Crippen molar-refractivity contribution in [2.24, 2.45) is 0 Å². The third kappa shape index (κ3) is 3.60. The van der Waals surface area contributed by atoms with E-state index in [9.17, 15) is 10.1 Å². The first-order valence-electron chi connectivity index (χ1n) is 5.86. The van der Waals surface area contributed by atoms with Gasteiger partial charge in [-0.25, -0.2) is 0 Å². The highest BCUT2D eigenvalue weighted by molar-refractivity contribution is 6.33. The van der Waals surface area contributed by atoms with Gasteiger partial charge in [-0.3, -0.25) is 4.79 Å². The second kappa shape index (κ2) is 6.76. The number of hydrogen-bond donors (Lipinski definition) is 2. The van der Waals surface area contributed by atoms with Gasteiger partial charge in [0, 0.05) is 0 Å². The van der Waals surface area contributed by atoms with Crippen LogP contribution in [0.3, 0.4) is 0 Å². The molecule has 2 rings (SSSR count). The molecule has 1 aliphatic heterocycles. The molecule has 1 fully saturated rings. The van der Waals surface area contributed by atoms with E-state index in [4.69, 9.17) is 11.6 Å². The Labute approximate surface area is 123 Å². The van der Waals surface area contributed by atoms with Gasteiger partial charge in [-0.05, 0) is 38.1 Å². The third-order valence-electron chi connectivity index (χ3n) is 3.14. The summed E-state index contributed by atoms with van der Waals surface area (Å²) in [5.41, 5.74) is -0.367. The van der Waals surface area contributed by atoms with Gasteiger partial charge in [0.1, 0.15) is 5.54 Å². The third-order valence-corrected chi connectivity index (χ3v) is 3.47. The van der Waals surface area contributed by atoms with Crippen molar-refractivity contribution in [1.82, 2.24) is 10.6 Å². The van der Waals surface area contributed by atoms with E-state index in [1.807, 2.05) is 0 Å². The number of nitrogens with zero attached hydrogens (tertiary/aromatic N) is 1. The van der Waals surface area contributed by atoms with Crippen molar-refractivity contribution in [2.75, 3.05) is 13.1 Å². The maximum atomic E-state index is 12.1. The van der Waals surface area contributed by atoms with Crippen molar-refractivity contribution in [1.29, 1.82) is 5.26 Å². The average Bonchev–Trinajstić information content (AvgIpc) is 2.40. The van der Waals surface area contributed by atoms with Crippen LogP contribution in [-0.2, 0) is 0 Å². The Morgan fingerprint density at radius 2 is 2.00 bits per heavy atom. The SMILES string of the molecule is Cl.N#CC1(NC(=O)c2ccccc2Cl)CCNCC1. The lowest BCUT2D eigenvalue weighted by atomic mass is 9.89. The molecule has 102 valence electrons. The van der Waals surface area contributed by atoms with E-state index in [0.717, 1.165) is 13.1 Å². The summed E-state index contributed by atoms with van der Waals surface area (Å²) in [6, 6.07) is 9.06. The molecule has 0 bridgehead atoms. The highest BCUT2D eigenvalue weighted by Crippen LogP contribution is 2.20. The number of nitriles is 1. The standard InChI is InChI=1S/C13H14ClN3O.ClH/c14-11-4-2-1-3-10(11)12(18)17-13(9-15)5-7-16-8-6-13;/h1-4,16H,5-8H2,(H,17,18);1H. The molecule has 1 amide bonds. The Bertz CT molecular complexity index is 493. The molecule has 0 aliphatic carbocycles. The maximum Gasteiger partial charge on any atom is 0.254 e. The lowest BCUT2D eigenvalue weighted by Gasteiger charge is -2.32. The molecular weight excluding hydrogens is 285 g/mol. The molecule has 0 unspecified atom stereocenters. The smallest absolute Gasteiger partial charge is 0.254 e. The Morgan fingerprint density at radius 3 is 2.58 bits per heavy atom. The highest BCUT2D eigenvalue weighted by Gasteiger charge is 2.34. The van der Waals surface area contributed by atoms with Gasteiger partial charge in [0.2, 0.25) is 0 Å². The van der Waals surface area contributed by atoms with E-state index >= 15 is 0 Å². The van der Waals surface area contributed by atoms with Crippen LogP contribution in [0.4, 0.5) is 0 Å². The summed E-state index contributed by atoms with van der Waals surface area (Å²) in [5.74, 6) is -0.288. The van der Waals surface area contributed by atoms with Crippen LogP contribution in [0.1, 0.15) is 23.2 Å². The van der Waals surface area contributed by atoms with E-state index in [1.54, 1.807) is 24.3 Å². The van der Waals surface area contributed by atoms with E-state index in [-0.39, 0.29) is 18.3 Å². The quantitative estimate of drug-likeness (QED) is 0.879. The van der Waals surface area contributed by atoms with Gasteiger partial charge < -0.3 is 10.6 Å². The first-order chi connectivity index (χ1) is 8.67. The fourth-order valence-corrected chi connectivity index (χ4v) is 2.27. The summed E-state index contributed by atoms with van der Waals surface area (Å²) >= 11 is 5.97. The van der Waals surface area contributed by atoms with Gasteiger partial charge in [0.15, 0.2) is 0 Å². The van der Waals surface area contributed by atoms with Crippen LogP contribution in [0, 0.1) is 11.3 Å². The molecule has 4 nitrogen and oxygen atoms in total. The zero-order valence-electron chi connectivity index (χ0n) is 10.3. The molecule has 0 aromatic heterocycles. The number of piperidine rings is 1. The summed E-state index contributed by atoms with van der Waals surface area (Å²) in [5, 5.41) is 15.7. The minimum absolute atomic E-state index is 0. The topological polar surface area (TPSA) is 64.9 Å². The molecule has 1 saturated heterocycles. The number of rotatable bonds is 2. The normalized spacial score (nSPS) is 16.8. The summed E-state index contributed by atoms with van der Waals surface area (Å²) in [4.78, 5) is 12.1. The first kappa shape index (κ1) is 15.8. The number of benzene rings is 1. The largest absolute Gasteiger partial charge is 0.334 e. The van der Waals surface area contributed by atoms with E-state index in [2.05, 4.69) is 16.7 Å². The van der Waals surface area contributed by atoms with Crippen LogP contribution < -0.4 is 10.6 Å². The monoisotopic (exact) mass is 299 g/mol. The van der Waals surface area contributed by atoms with Crippen molar-refractivity contribution in [2.45, 2.75) is 18.4 Å². The Balaban J connectivity index is 0.00000180. The van der Waals surface area contributed by atoms with Crippen molar-refractivity contribution in [3.63, 3.8) is 0 Å². The number of nitrogens with one attached hydrogen (secondary N) is 2. The molecule has 0 spiro atoms. The number of carbonyl (C=O) groups is 1. The van der Waals surface area contributed by atoms with Crippen molar-refractivity contribution >= 4 is 29.9 Å². The van der Waals surface area contributed by atoms with Gasteiger partial charge in [-0.15, -0.1) is 12.4 Å². The molecule has 6 heteroatoms. The predicted molar refractivity (Wildman–Crippen MR) is 76.6 cm³/mol. The van der Waals surface area contributed by atoms with Crippen molar-refractivity contribution in [3.05, 3.63) is 34.9 Å². The summed E-state index contributed by atoms with van der Waals surface area (Å²) < 4.78 is 0. The maximum absolute atomic E-state index is 12.1. The predicted octanol–water partition coefficient (Wildman–Crippen LogP) is 2.14. The minimum Gasteiger partial charge on any atom is -0.334 e. The molecule has 19 heavy (non-hydrogen) atoms. The number of carbonyl (C=O) groups excluding carboxylic acids is 1. The van der Waals surface area contributed by atoms with E-state index in [0.29, 0.717) is 23.4 Å². The van der Waals surface area contributed by atoms with Crippen molar-refractivity contribution < 1.29 is 4.79 Å². The van der Waals surface area contributed by atoms with Crippen LogP contribution in [0.5, 0.6) is 0 Å². The van der Waals surface area contributed by atoms with Crippen LogP contribution >= 0.6 is 24.0 Å². The van der Waals surface area contributed by atoms with E-state index in [1.165, 1.54) is 0 Å². The zero-order valence-corrected chi connectivity index (χ0v) is 11.9. The van der Waals surface area contributed by atoms with Crippen LogP contribution in [0.2, 0.25) is 5.02 Å². The highest BCUT2D eigenvalue weighted by atomic mass is 35.5. The van der Waals surface area contributed by atoms with Crippen molar-refractivity contribution in [3.8, 4) is 6.07 Å². The van der Waals surface area contributed by atoms with E-state index < -0.39 is 5.54 Å². The molecule has 0 atom stereocenters. The Kier molecular flexibility index (Phi) is 5.61. The van der Waals surface area contributed by atoms with Gasteiger partial charge in [-0.1, -0.05) is 23.7 Å². The van der Waals surface area contributed by atoms with Crippen LogP contribution in [-0.4, -0.2) is 24.5 Å². The molecule has 2 N–H and O–H groups in total. The summed E-state index contributed by atoms with van der Waals surface area (Å²) in [6.07, 6.45) is 1.22.